The highest BCUT2D eigenvalue weighted by molar-refractivity contribution is 8.03. The summed E-state index contributed by atoms with van der Waals surface area (Å²) in [4.78, 5) is 16.6. The number of carbonyl (C=O) groups is 1. The second-order valence-electron chi connectivity index (χ2n) is 6.31. The Morgan fingerprint density at radius 3 is 2.81 bits per heavy atom. The summed E-state index contributed by atoms with van der Waals surface area (Å²) in [6.07, 6.45) is 1.82. The largest absolute Gasteiger partial charge is 0.494 e. The van der Waals surface area contributed by atoms with Crippen LogP contribution >= 0.6 is 11.8 Å². The predicted molar refractivity (Wildman–Crippen MR) is 103 cm³/mol. The van der Waals surface area contributed by atoms with E-state index in [-0.39, 0.29) is 18.2 Å². The lowest BCUT2D eigenvalue weighted by Gasteiger charge is -2.41. The number of anilines is 1. The van der Waals surface area contributed by atoms with Gasteiger partial charge in [-0.05, 0) is 43.3 Å². The number of amides is 1. The van der Waals surface area contributed by atoms with Crippen molar-refractivity contribution in [2.24, 2.45) is 0 Å². The van der Waals surface area contributed by atoms with Crippen LogP contribution in [0.5, 0.6) is 5.75 Å². The monoisotopic (exact) mass is 381 g/mol. The summed E-state index contributed by atoms with van der Waals surface area (Å²) in [7, 11) is 0. The molecule has 0 aliphatic carbocycles. The van der Waals surface area contributed by atoms with Crippen molar-refractivity contribution in [3.05, 3.63) is 59.0 Å². The van der Waals surface area contributed by atoms with Gasteiger partial charge in [0.25, 0.3) is 0 Å². The molecule has 2 aromatic rings. The molecule has 4 rings (SSSR count). The van der Waals surface area contributed by atoms with Gasteiger partial charge in [-0.3, -0.25) is 9.69 Å². The van der Waals surface area contributed by atoms with Crippen LogP contribution in [0, 0.1) is 11.3 Å². The number of furan rings is 1. The highest BCUT2D eigenvalue weighted by Gasteiger charge is 2.39. The third kappa shape index (κ3) is 3.28. The van der Waals surface area contributed by atoms with E-state index in [0.29, 0.717) is 30.5 Å². The molecule has 1 saturated heterocycles. The van der Waals surface area contributed by atoms with Gasteiger partial charge in [-0.15, -0.1) is 0 Å². The molecule has 0 N–H and O–H groups in total. The molecule has 1 aromatic heterocycles. The zero-order valence-electron chi connectivity index (χ0n) is 14.9. The third-order valence-electron chi connectivity index (χ3n) is 4.69. The van der Waals surface area contributed by atoms with Gasteiger partial charge in [0.1, 0.15) is 11.5 Å². The molecule has 3 heterocycles. The van der Waals surface area contributed by atoms with Crippen molar-refractivity contribution in [3.8, 4) is 11.8 Å². The van der Waals surface area contributed by atoms with Crippen LogP contribution in [0.1, 0.15) is 25.0 Å². The number of ether oxygens (including phenoxy) is 1. The zero-order valence-corrected chi connectivity index (χ0v) is 15.7. The van der Waals surface area contributed by atoms with E-state index in [2.05, 4.69) is 11.0 Å². The molecule has 27 heavy (non-hydrogen) atoms. The van der Waals surface area contributed by atoms with E-state index in [0.717, 1.165) is 16.5 Å². The van der Waals surface area contributed by atoms with Crippen molar-refractivity contribution in [2.75, 3.05) is 24.1 Å². The average molecular weight is 381 g/mol. The molecule has 1 aromatic carbocycles. The van der Waals surface area contributed by atoms with Gasteiger partial charge >= 0.3 is 0 Å². The summed E-state index contributed by atoms with van der Waals surface area (Å²) in [5.74, 6) is 1.88. The number of nitriles is 1. The molecule has 1 fully saturated rings. The first-order chi connectivity index (χ1) is 13.2. The van der Waals surface area contributed by atoms with Gasteiger partial charge in [0.05, 0.1) is 48.0 Å². The minimum absolute atomic E-state index is 0.00790. The van der Waals surface area contributed by atoms with Crippen molar-refractivity contribution in [1.29, 1.82) is 5.26 Å². The first kappa shape index (κ1) is 17.6. The first-order valence-corrected chi connectivity index (χ1v) is 9.78. The lowest BCUT2D eigenvalue weighted by molar-refractivity contribution is -0.130. The van der Waals surface area contributed by atoms with E-state index in [1.165, 1.54) is 11.8 Å². The Bertz CT molecular complexity index is 900. The molecule has 1 amide bonds. The van der Waals surface area contributed by atoms with Crippen LogP contribution in [0.25, 0.3) is 0 Å². The lowest BCUT2D eigenvalue weighted by atomic mass is 9.91. The van der Waals surface area contributed by atoms with Gasteiger partial charge in [-0.2, -0.15) is 5.26 Å². The molecule has 1 atom stereocenters. The summed E-state index contributed by atoms with van der Waals surface area (Å²) in [5.41, 5.74) is 1.63. The maximum atomic E-state index is 12.8. The topological polar surface area (TPSA) is 69.7 Å². The van der Waals surface area contributed by atoms with Crippen molar-refractivity contribution in [1.82, 2.24) is 4.90 Å². The average Bonchev–Trinajstić information content (AvgIpc) is 3.23. The Morgan fingerprint density at radius 2 is 2.15 bits per heavy atom. The number of rotatable bonds is 4. The Labute approximate surface area is 162 Å². The van der Waals surface area contributed by atoms with Crippen LogP contribution in [-0.2, 0) is 4.79 Å². The number of hydrogen-bond acceptors (Lipinski definition) is 6. The fraction of sp³-hybridized carbons (Fsp3) is 0.300. The van der Waals surface area contributed by atoms with Gasteiger partial charge in [0.2, 0.25) is 5.91 Å². The van der Waals surface area contributed by atoms with Crippen LogP contribution in [-0.4, -0.2) is 30.0 Å². The Morgan fingerprint density at radius 1 is 1.33 bits per heavy atom. The Hall–Kier alpha value is -2.85. The van der Waals surface area contributed by atoms with E-state index < -0.39 is 0 Å². The Balaban J connectivity index is 1.59. The molecule has 6 nitrogen and oxygen atoms in total. The number of nitrogens with zero attached hydrogens (tertiary/aromatic N) is 3. The quantitative estimate of drug-likeness (QED) is 0.800. The van der Waals surface area contributed by atoms with Crippen molar-refractivity contribution >= 4 is 23.4 Å². The summed E-state index contributed by atoms with van der Waals surface area (Å²) < 4.78 is 11.0. The number of allylic oxidation sites excluding steroid dienone is 1. The highest BCUT2D eigenvalue weighted by Crippen LogP contribution is 2.43. The van der Waals surface area contributed by atoms with Gasteiger partial charge in [0, 0.05) is 12.1 Å². The molecule has 0 unspecified atom stereocenters. The lowest BCUT2D eigenvalue weighted by Crippen LogP contribution is -2.47. The fourth-order valence-corrected chi connectivity index (χ4v) is 4.55. The molecule has 2 aliphatic heterocycles. The number of carbonyl (C=O) groups excluding carboxylic acids is 1. The highest BCUT2D eigenvalue weighted by atomic mass is 32.2. The van der Waals surface area contributed by atoms with Gasteiger partial charge in [-0.25, -0.2) is 0 Å². The number of hydrogen-bond donors (Lipinski definition) is 0. The molecule has 2 aliphatic rings. The van der Waals surface area contributed by atoms with Crippen LogP contribution in [0.4, 0.5) is 5.69 Å². The van der Waals surface area contributed by atoms with E-state index >= 15 is 0 Å². The van der Waals surface area contributed by atoms with Gasteiger partial charge in [-0.1, -0.05) is 11.8 Å². The van der Waals surface area contributed by atoms with Crippen LogP contribution in [0.2, 0.25) is 0 Å². The molecular formula is C20H19N3O3S. The second-order valence-corrected chi connectivity index (χ2v) is 7.24. The molecule has 138 valence electrons. The maximum Gasteiger partial charge on any atom is 0.230 e. The zero-order chi connectivity index (χ0) is 18.8. The minimum atomic E-state index is -0.298. The minimum Gasteiger partial charge on any atom is -0.494 e. The van der Waals surface area contributed by atoms with Gasteiger partial charge in [0.15, 0.2) is 0 Å². The normalized spacial score (nSPS) is 19.7. The maximum absolute atomic E-state index is 12.8. The predicted octanol–water partition coefficient (Wildman–Crippen LogP) is 3.90. The molecule has 0 spiro atoms. The summed E-state index contributed by atoms with van der Waals surface area (Å²) in [6, 6.07) is 13.8. The summed E-state index contributed by atoms with van der Waals surface area (Å²) >= 11 is 1.52. The SMILES string of the molecule is CCOc1ccc(N2CSC3=C(C#N)[C@@H](c4ccco4)CC(=O)N3C2)cc1. The van der Waals surface area contributed by atoms with Crippen molar-refractivity contribution in [3.63, 3.8) is 0 Å². The Kier molecular flexibility index (Phi) is 4.82. The van der Waals surface area contributed by atoms with Crippen LogP contribution in [0.15, 0.2) is 57.7 Å². The van der Waals surface area contributed by atoms with E-state index in [1.54, 1.807) is 17.2 Å². The summed E-state index contributed by atoms with van der Waals surface area (Å²) in [6.45, 7) is 3.02. The summed E-state index contributed by atoms with van der Waals surface area (Å²) in [5, 5.41) is 10.5. The standard InChI is InChI=1S/C20H19N3O3S/c1-2-25-15-7-5-14(6-8-15)22-12-23-19(24)10-16(18-4-3-9-26-18)17(11-21)20(23)27-13-22/h3-9,16H,2,10,12-13H2,1H3/t16-/m0/s1. The third-order valence-corrected chi connectivity index (χ3v) is 5.85. The van der Waals surface area contributed by atoms with E-state index in [9.17, 15) is 10.1 Å². The number of thioether (sulfide) groups is 1. The molecule has 7 heteroatoms. The molecule has 0 radical (unpaired) electrons. The second kappa shape index (κ2) is 7.41. The van der Waals surface area contributed by atoms with Crippen molar-refractivity contribution in [2.45, 2.75) is 19.3 Å². The molecule has 0 bridgehead atoms. The molecular weight excluding hydrogens is 362 g/mol. The van der Waals surface area contributed by atoms with Crippen LogP contribution < -0.4 is 9.64 Å². The van der Waals surface area contributed by atoms with Crippen molar-refractivity contribution < 1.29 is 13.9 Å². The molecule has 0 saturated carbocycles. The fourth-order valence-electron chi connectivity index (χ4n) is 3.38. The number of fused-ring (bicyclic) bond motifs is 1. The van der Waals surface area contributed by atoms with E-state index in [4.69, 9.17) is 9.15 Å². The number of benzene rings is 1. The van der Waals surface area contributed by atoms with E-state index in [1.807, 2.05) is 37.3 Å². The van der Waals surface area contributed by atoms with Gasteiger partial charge < -0.3 is 14.1 Å². The van der Waals surface area contributed by atoms with Crippen LogP contribution in [0.3, 0.4) is 0 Å². The smallest absolute Gasteiger partial charge is 0.230 e. The first-order valence-electron chi connectivity index (χ1n) is 8.80.